The second-order valence-electron chi connectivity index (χ2n) is 6.21. The van der Waals surface area contributed by atoms with Crippen molar-refractivity contribution in [2.75, 3.05) is 0 Å². The molecule has 0 unspecified atom stereocenters. The Hall–Kier alpha value is -2.62. The van der Waals surface area contributed by atoms with Gasteiger partial charge in [0.1, 0.15) is 6.04 Å². The third-order valence-corrected chi connectivity index (χ3v) is 4.46. The van der Waals surface area contributed by atoms with Crippen molar-refractivity contribution in [2.24, 2.45) is 0 Å². The highest BCUT2D eigenvalue weighted by Gasteiger charge is 2.24. The second-order valence-corrected chi connectivity index (χ2v) is 6.21. The van der Waals surface area contributed by atoms with Crippen LogP contribution in [0.2, 0.25) is 0 Å². The third-order valence-electron chi connectivity index (χ3n) is 4.46. The summed E-state index contributed by atoms with van der Waals surface area (Å²) < 4.78 is 0. The molecule has 2 aromatic carbocycles. The maximum atomic E-state index is 12.5. The summed E-state index contributed by atoms with van der Waals surface area (Å²) in [7, 11) is 0. The number of rotatable bonds is 4. The highest BCUT2D eigenvalue weighted by atomic mass is 16.2. The molecule has 0 spiro atoms. The highest BCUT2D eigenvalue weighted by Crippen LogP contribution is 2.29. The summed E-state index contributed by atoms with van der Waals surface area (Å²) in [5.74, 6) is -0.386. The lowest BCUT2D eigenvalue weighted by atomic mass is 9.87. The zero-order valence-electron chi connectivity index (χ0n) is 13.8. The number of hydrogen-bond acceptors (Lipinski definition) is 2. The number of carbonyl (C=O) groups excluding carboxylic acids is 2. The Bertz CT molecular complexity index is 727. The van der Waals surface area contributed by atoms with Crippen LogP contribution in [0.25, 0.3) is 0 Å². The van der Waals surface area contributed by atoms with Crippen LogP contribution >= 0.6 is 0 Å². The summed E-state index contributed by atoms with van der Waals surface area (Å²) in [6.07, 6.45) is 3.05. The van der Waals surface area contributed by atoms with Crippen LogP contribution in [0.1, 0.15) is 47.3 Å². The molecular formula is C20H22N2O2. The molecule has 0 bridgehead atoms. The molecule has 2 aromatic rings. The molecule has 2 amide bonds. The molecule has 1 aliphatic rings. The van der Waals surface area contributed by atoms with E-state index in [9.17, 15) is 9.59 Å². The van der Waals surface area contributed by atoms with E-state index in [1.165, 1.54) is 11.1 Å². The number of aryl methyl sites for hydroxylation is 1. The standard InChI is InChI=1S/C20H22N2O2/c1-14(21-20(24)16-9-3-2-4-10-16)19(23)22-18-13-7-11-15-8-5-6-12-17(15)18/h2-6,8-10,12,14,18H,7,11,13H2,1H3,(H,21,24)(H,22,23)/t14-,18+/m1/s1. The van der Waals surface area contributed by atoms with Crippen molar-refractivity contribution < 1.29 is 9.59 Å². The lowest BCUT2D eigenvalue weighted by Gasteiger charge is -2.27. The number of amides is 2. The van der Waals surface area contributed by atoms with Gasteiger partial charge in [-0.25, -0.2) is 0 Å². The number of fused-ring (bicyclic) bond motifs is 1. The van der Waals surface area contributed by atoms with Gasteiger partial charge < -0.3 is 10.6 Å². The van der Waals surface area contributed by atoms with Gasteiger partial charge in [0.05, 0.1) is 6.04 Å². The largest absolute Gasteiger partial charge is 0.348 e. The number of benzene rings is 2. The maximum Gasteiger partial charge on any atom is 0.251 e. The van der Waals surface area contributed by atoms with E-state index < -0.39 is 6.04 Å². The molecule has 0 aliphatic heterocycles. The molecule has 0 heterocycles. The smallest absolute Gasteiger partial charge is 0.251 e. The molecule has 124 valence electrons. The van der Waals surface area contributed by atoms with E-state index in [4.69, 9.17) is 0 Å². The van der Waals surface area contributed by atoms with Crippen molar-refractivity contribution in [1.82, 2.24) is 10.6 Å². The van der Waals surface area contributed by atoms with Crippen LogP contribution in [0, 0.1) is 0 Å². The van der Waals surface area contributed by atoms with Gasteiger partial charge in [0.15, 0.2) is 0 Å². The predicted octanol–water partition coefficient (Wildman–Crippen LogP) is 3.00. The lowest BCUT2D eigenvalue weighted by molar-refractivity contribution is -0.123. The van der Waals surface area contributed by atoms with Gasteiger partial charge in [-0.2, -0.15) is 0 Å². The van der Waals surface area contributed by atoms with Crippen molar-refractivity contribution in [2.45, 2.75) is 38.3 Å². The van der Waals surface area contributed by atoms with Crippen LogP contribution in [-0.2, 0) is 11.2 Å². The lowest BCUT2D eigenvalue weighted by Crippen LogP contribution is -2.46. The minimum atomic E-state index is -0.577. The maximum absolute atomic E-state index is 12.5. The molecule has 2 N–H and O–H groups in total. The first-order valence-electron chi connectivity index (χ1n) is 8.39. The molecule has 0 saturated carbocycles. The van der Waals surface area contributed by atoms with Crippen LogP contribution < -0.4 is 10.6 Å². The van der Waals surface area contributed by atoms with E-state index in [0.717, 1.165) is 19.3 Å². The zero-order valence-corrected chi connectivity index (χ0v) is 13.8. The molecular weight excluding hydrogens is 300 g/mol. The van der Waals surface area contributed by atoms with Crippen molar-refractivity contribution in [3.8, 4) is 0 Å². The van der Waals surface area contributed by atoms with Crippen LogP contribution in [-0.4, -0.2) is 17.9 Å². The quantitative estimate of drug-likeness (QED) is 0.909. The van der Waals surface area contributed by atoms with Crippen LogP contribution in [0.15, 0.2) is 54.6 Å². The Kier molecular flexibility index (Phi) is 4.94. The van der Waals surface area contributed by atoms with Gasteiger partial charge in [-0.05, 0) is 49.4 Å². The van der Waals surface area contributed by atoms with Crippen LogP contribution in [0.4, 0.5) is 0 Å². The van der Waals surface area contributed by atoms with Gasteiger partial charge in [0.25, 0.3) is 5.91 Å². The fourth-order valence-corrected chi connectivity index (χ4v) is 3.14. The van der Waals surface area contributed by atoms with E-state index >= 15 is 0 Å². The Morgan fingerprint density at radius 1 is 1.04 bits per heavy atom. The monoisotopic (exact) mass is 322 g/mol. The molecule has 0 radical (unpaired) electrons. The molecule has 3 rings (SSSR count). The normalized spacial score (nSPS) is 17.5. The minimum absolute atomic E-state index is 0.0264. The van der Waals surface area contributed by atoms with E-state index in [1.54, 1.807) is 31.2 Å². The van der Waals surface area contributed by atoms with Gasteiger partial charge >= 0.3 is 0 Å². The Morgan fingerprint density at radius 2 is 1.75 bits per heavy atom. The fourth-order valence-electron chi connectivity index (χ4n) is 3.14. The average Bonchev–Trinajstić information content (AvgIpc) is 2.62. The molecule has 4 nitrogen and oxygen atoms in total. The summed E-state index contributed by atoms with van der Waals surface area (Å²) in [6, 6.07) is 16.6. The molecule has 0 saturated heterocycles. The van der Waals surface area contributed by atoms with Gasteiger partial charge in [-0.15, -0.1) is 0 Å². The average molecular weight is 322 g/mol. The Balaban J connectivity index is 1.62. The Labute approximate surface area is 142 Å². The molecule has 0 aromatic heterocycles. The van der Waals surface area contributed by atoms with Gasteiger partial charge in [0.2, 0.25) is 5.91 Å². The summed E-state index contributed by atoms with van der Waals surface area (Å²) in [6.45, 7) is 1.71. The molecule has 0 fully saturated rings. The zero-order chi connectivity index (χ0) is 16.9. The molecule has 2 atom stereocenters. The predicted molar refractivity (Wildman–Crippen MR) is 93.6 cm³/mol. The van der Waals surface area contributed by atoms with Crippen molar-refractivity contribution >= 4 is 11.8 Å². The number of hydrogen-bond donors (Lipinski definition) is 2. The van der Waals surface area contributed by atoms with Crippen molar-refractivity contribution in [3.63, 3.8) is 0 Å². The van der Waals surface area contributed by atoms with E-state index in [2.05, 4.69) is 22.8 Å². The third kappa shape index (κ3) is 3.65. The van der Waals surface area contributed by atoms with Crippen molar-refractivity contribution in [3.05, 3.63) is 71.3 Å². The summed E-state index contributed by atoms with van der Waals surface area (Å²) in [5.41, 5.74) is 3.05. The first kappa shape index (κ1) is 16.2. The summed E-state index contributed by atoms with van der Waals surface area (Å²) >= 11 is 0. The number of nitrogens with one attached hydrogen (secondary N) is 2. The fraction of sp³-hybridized carbons (Fsp3) is 0.300. The molecule has 24 heavy (non-hydrogen) atoms. The second kappa shape index (κ2) is 7.30. The van der Waals surface area contributed by atoms with Crippen LogP contribution in [0.5, 0.6) is 0 Å². The van der Waals surface area contributed by atoms with Crippen LogP contribution in [0.3, 0.4) is 0 Å². The first-order valence-corrected chi connectivity index (χ1v) is 8.39. The Morgan fingerprint density at radius 3 is 2.54 bits per heavy atom. The van der Waals surface area contributed by atoms with E-state index in [-0.39, 0.29) is 17.9 Å². The molecule has 4 heteroatoms. The van der Waals surface area contributed by atoms with Gasteiger partial charge in [0, 0.05) is 5.56 Å². The van der Waals surface area contributed by atoms with E-state index in [0.29, 0.717) is 5.56 Å². The minimum Gasteiger partial charge on any atom is -0.348 e. The van der Waals surface area contributed by atoms with Crippen molar-refractivity contribution in [1.29, 1.82) is 0 Å². The highest BCUT2D eigenvalue weighted by molar-refractivity contribution is 5.97. The first-order chi connectivity index (χ1) is 11.6. The topological polar surface area (TPSA) is 58.2 Å². The number of carbonyl (C=O) groups is 2. The summed E-state index contributed by atoms with van der Waals surface area (Å²) in [4.78, 5) is 24.6. The van der Waals surface area contributed by atoms with E-state index in [1.807, 2.05) is 18.2 Å². The summed E-state index contributed by atoms with van der Waals surface area (Å²) in [5, 5.41) is 5.84. The SMILES string of the molecule is C[C@@H](NC(=O)c1ccccc1)C(=O)N[C@H]1CCCc2ccccc21. The molecule has 1 aliphatic carbocycles. The van der Waals surface area contributed by atoms with Gasteiger partial charge in [-0.3, -0.25) is 9.59 Å². The van der Waals surface area contributed by atoms with Gasteiger partial charge in [-0.1, -0.05) is 42.5 Å².